The van der Waals surface area contributed by atoms with Crippen molar-refractivity contribution in [2.75, 3.05) is 11.9 Å². The van der Waals surface area contributed by atoms with E-state index >= 15 is 0 Å². The van der Waals surface area contributed by atoms with E-state index in [1.807, 2.05) is 13.0 Å². The van der Waals surface area contributed by atoms with Gasteiger partial charge in [0.05, 0.1) is 4.88 Å². The molecule has 0 saturated heterocycles. The SMILES string of the molecule is Cc1cc(Nc2nccc(C(F)(F)F)n2)cc(-c2cnc([C@]3(O)CC[C@@H](C(=O)NCc4ccc(OCC(F)(F)F)nc4)CC3)s2)c1. The van der Waals surface area contributed by atoms with Gasteiger partial charge < -0.3 is 20.5 Å². The number of benzene rings is 1. The number of aromatic nitrogens is 4. The third-order valence-corrected chi connectivity index (χ3v) is 8.54. The maximum Gasteiger partial charge on any atom is 0.433 e. The normalized spacial score (nSPS) is 18.7. The second kappa shape index (κ2) is 13.2. The molecule has 0 bridgehead atoms. The molecule has 3 N–H and O–H groups in total. The molecule has 0 spiro atoms. The first-order valence-electron chi connectivity index (χ1n) is 14.1. The second-order valence-corrected chi connectivity index (χ2v) is 12.0. The summed E-state index contributed by atoms with van der Waals surface area (Å²) in [5, 5.41) is 17.6. The van der Waals surface area contributed by atoms with Gasteiger partial charge in [0.2, 0.25) is 17.7 Å². The van der Waals surface area contributed by atoms with Crippen molar-refractivity contribution < 1.29 is 41.0 Å². The summed E-state index contributed by atoms with van der Waals surface area (Å²) in [6.07, 6.45) is -3.65. The van der Waals surface area contributed by atoms with E-state index in [2.05, 4.69) is 35.3 Å². The van der Waals surface area contributed by atoms with Crippen LogP contribution in [0.1, 0.15) is 47.5 Å². The largest absolute Gasteiger partial charge is 0.468 e. The molecule has 9 nitrogen and oxygen atoms in total. The lowest BCUT2D eigenvalue weighted by Gasteiger charge is -2.33. The van der Waals surface area contributed by atoms with Gasteiger partial charge in [-0.1, -0.05) is 12.1 Å². The van der Waals surface area contributed by atoms with Crippen molar-refractivity contribution >= 4 is 28.9 Å². The molecule has 0 aliphatic heterocycles. The number of nitrogens with zero attached hydrogens (tertiary/aromatic N) is 4. The van der Waals surface area contributed by atoms with Crippen LogP contribution in [0.3, 0.4) is 0 Å². The number of aliphatic hydroxyl groups is 1. The van der Waals surface area contributed by atoms with Gasteiger partial charge in [-0.25, -0.2) is 19.9 Å². The molecule has 5 rings (SSSR count). The van der Waals surface area contributed by atoms with Crippen LogP contribution in [0.4, 0.5) is 38.0 Å². The Balaban J connectivity index is 1.17. The van der Waals surface area contributed by atoms with Crippen LogP contribution in [-0.4, -0.2) is 43.7 Å². The van der Waals surface area contributed by atoms with Crippen molar-refractivity contribution in [3.8, 4) is 16.3 Å². The van der Waals surface area contributed by atoms with Crippen molar-refractivity contribution in [2.45, 2.75) is 57.1 Å². The second-order valence-electron chi connectivity index (χ2n) is 10.9. The Morgan fingerprint density at radius 1 is 1.04 bits per heavy atom. The molecule has 244 valence electrons. The van der Waals surface area contributed by atoms with Crippen LogP contribution in [0.5, 0.6) is 5.88 Å². The molecule has 4 aromatic rings. The minimum absolute atomic E-state index is 0.134. The molecule has 1 saturated carbocycles. The Bertz CT molecular complexity index is 1670. The number of aryl methyl sites for hydroxylation is 1. The number of ether oxygens (including phenoxy) is 1. The summed E-state index contributed by atoms with van der Waals surface area (Å²) in [6.45, 7) is 0.524. The quantitative estimate of drug-likeness (QED) is 0.169. The number of halogens is 6. The van der Waals surface area contributed by atoms with Crippen molar-refractivity contribution in [3.63, 3.8) is 0 Å². The Morgan fingerprint density at radius 3 is 2.48 bits per heavy atom. The molecule has 0 unspecified atom stereocenters. The van der Waals surface area contributed by atoms with Gasteiger partial charge in [0.25, 0.3) is 0 Å². The monoisotopic (exact) mass is 666 g/mol. The van der Waals surface area contributed by atoms with Crippen LogP contribution in [0, 0.1) is 12.8 Å². The molecule has 1 aliphatic rings. The van der Waals surface area contributed by atoms with E-state index < -0.39 is 30.3 Å². The number of hydrogen-bond acceptors (Lipinski definition) is 9. The van der Waals surface area contributed by atoms with Crippen LogP contribution in [0.2, 0.25) is 0 Å². The summed E-state index contributed by atoms with van der Waals surface area (Å²) in [4.78, 5) is 29.3. The number of carbonyl (C=O) groups excluding carboxylic acids is 1. The highest BCUT2D eigenvalue weighted by Crippen LogP contribution is 2.43. The van der Waals surface area contributed by atoms with Gasteiger partial charge >= 0.3 is 12.4 Å². The number of amides is 1. The van der Waals surface area contributed by atoms with E-state index in [9.17, 15) is 36.2 Å². The number of pyridine rings is 1. The van der Waals surface area contributed by atoms with Crippen molar-refractivity contribution in [1.82, 2.24) is 25.3 Å². The Labute approximate surface area is 263 Å². The van der Waals surface area contributed by atoms with Crippen molar-refractivity contribution in [2.24, 2.45) is 5.92 Å². The molecule has 1 aromatic carbocycles. The predicted octanol–water partition coefficient (Wildman–Crippen LogP) is 6.70. The number of hydrogen-bond donors (Lipinski definition) is 3. The molecule has 0 atom stereocenters. The summed E-state index contributed by atoms with van der Waals surface area (Å²) in [6, 6.07) is 8.98. The number of anilines is 2. The highest BCUT2D eigenvalue weighted by atomic mass is 32.1. The molecule has 3 aromatic heterocycles. The fraction of sp³-hybridized carbons (Fsp3) is 0.367. The topological polar surface area (TPSA) is 122 Å². The first-order chi connectivity index (χ1) is 21.7. The minimum Gasteiger partial charge on any atom is -0.468 e. The van der Waals surface area contributed by atoms with Gasteiger partial charge in [0.1, 0.15) is 16.3 Å². The smallest absolute Gasteiger partial charge is 0.433 e. The molecular weight excluding hydrogens is 638 g/mol. The zero-order chi connectivity index (χ0) is 33.1. The zero-order valence-corrected chi connectivity index (χ0v) is 25.1. The summed E-state index contributed by atoms with van der Waals surface area (Å²) in [5.74, 6) is -0.918. The number of thiazole rings is 1. The van der Waals surface area contributed by atoms with Crippen LogP contribution in [0.15, 0.2) is 55.0 Å². The van der Waals surface area contributed by atoms with E-state index in [0.29, 0.717) is 41.9 Å². The number of rotatable bonds is 9. The molecule has 1 fully saturated rings. The molecule has 16 heteroatoms. The highest BCUT2D eigenvalue weighted by Gasteiger charge is 2.39. The maximum absolute atomic E-state index is 13.1. The number of carbonyl (C=O) groups is 1. The van der Waals surface area contributed by atoms with Gasteiger partial charge in [-0.05, 0) is 67.5 Å². The third kappa shape index (κ3) is 8.48. The average Bonchev–Trinajstić information content (AvgIpc) is 3.51. The lowest BCUT2D eigenvalue weighted by molar-refractivity contribution is -0.154. The highest BCUT2D eigenvalue weighted by molar-refractivity contribution is 7.15. The van der Waals surface area contributed by atoms with E-state index in [4.69, 9.17) is 0 Å². The van der Waals surface area contributed by atoms with Gasteiger partial charge in [-0.15, -0.1) is 11.3 Å². The number of nitrogens with one attached hydrogen (secondary N) is 2. The maximum atomic E-state index is 13.1. The fourth-order valence-electron chi connectivity index (χ4n) is 4.99. The van der Waals surface area contributed by atoms with E-state index in [-0.39, 0.29) is 30.2 Å². The zero-order valence-electron chi connectivity index (χ0n) is 24.2. The Kier molecular flexibility index (Phi) is 9.49. The summed E-state index contributed by atoms with van der Waals surface area (Å²) < 4.78 is 80.7. The van der Waals surface area contributed by atoms with Crippen LogP contribution >= 0.6 is 11.3 Å². The lowest BCUT2D eigenvalue weighted by Crippen LogP contribution is -2.38. The standard InChI is InChI=1S/C30H28F6N6O3S/c1-17-10-20(12-21(11-17)41-27-37-9-6-23(42-27)30(34,35)36)22-15-40-26(46-22)28(44)7-4-19(5-8-28)25(43)39-14-18-2-3-24(38-13-18)45-16-29(31,32)33/h2-3,6,9-13,15,19,44H,4-5,7-8,14,16H2,1H3,(H,39,43)(H,37,41,42)/t19-,28+. The Morgan fingerprint density at radius 2 is 1.80 bits per heavy atom. The summed E-state index contributed by atoms with van der Waals surface area (Å²) in [7, 11) is 0. The summed E-state index contributed by atoms with van der Waals surface area (Å²) >= 11 is 1.29. The molecule has 3 heterocycles. The molecule has 1 aliphatic carbocycles. The van der Waals surface area contributed by atoms with E-state index in [0.717, 1.165) is 28.3 Å². The Hall–Kier alpha value is -4.31. The van der Waals surface area contributed by atoms with Gasteiger partial charge in [0, 0.05) is 42.8 Å². The van der Waals surface area contributed by atoms with Crippen LogP contribution in [0.25, 0.3) is 10.4 Å². The van der Waals surface area contributed by atoms with Gasteiger partial charge in [-0.3, -0.25) is 4.79 Å². The first-order valence-corrected chi connectivity index (χ1v) is 14.9. The van der Waals surface area contributed by atoms with Gasteiger partial charge in [0.15, 0.2) is 6.61 Å². The van der Waals surface area contributed by atoms with Crippen molar-refractivity contribution in [3.05, 3.63) is 76.8 Å². The predicted molar refractivity (Wildman–Crippen MR) is 156 cm³/mol. The minimum atomic E-state index is -4.60. The van der Waals surface area contributed by atoms with Crippen LogP contribution < -0.4 is 15.4 Å². The molecule has 0 radical (unpaired) electrons. The molecular formula is C30H28F6N6O3S. The third-order valence-electron chi connectivity index (χ3n) is 7.30. The lowest BCUT2D eigenvalue weighted by atomic mass is 9.78. The van der Waals surface area contributed by atoms with E-state index in [1.54, 1.807) is 18.3 Å². The van der Waals surface area contributed by atoms with Crippen molar-refractivity contribution in [1.29, 1.82) is 0 Å². The summed E-state index contributed by atoms with van der Waals surface area (Å²) in [5.41, 5.74) is 0.349. The average molecular weight is 667 g/mol. The first kappa shape index (κ1) is 33.1. The van der Waals surface area contributed by atoms with Crippen LogP contribution in [-0.2, 0) is 23.1 Å². The molecule has 1 amide bonds. The van der Waals surface area contributed by atoms with Gasteiger partial charge in [-0.2, -0.15) is 26.3 Å². The molecule has 46 heavy (non-hydrogen) atoms. The fourth-order valence-corrected chi connectivity index (χ4v) is 6.04. The van der Waals surface area contributed by atoms with E-state index in [1.165, 1.54) is 29.7 Å². The number of alkyl halides is 6.